The Bertz CT molecular complexity index is 378. The first-order valence-corrected chi connectivity index (χ1v) is 4.91. The number of nitro groups is 1. The summed E-state index contributed by atoms with van der Waals surface area (Å²) in [6, 6.07) is 7.34. The molecule has 4 nitrogen and oxygen atoms in total. The lowest BCUT2D eigenvalue weighted by Gasteiger charge is -1.97. The Balaban J connectivity index is 2.21. The third-order valence-electron chi connectivity index (χ3n) is 2.32. The summed E-state index contributed by atoms with van der Waals surface area (Å²) in [5.41, 5.74) is -0.388. The Morgan fingerprint density at radius 2 is 2.07 bits per heavy atom. The van der Waals surface area contributed by atoms with Gasteiger partial charge in [-0.2, -0.15) is 0 Å². The molecule has 1 saturated heterocycles. The van der Waals surface area contributed by atoms with Crippen LogP contribution in [0.25, 0.3) is 0 Å². The number of epoxide rings is 1. The maximum Gasteiger partial charge on any atom is 0.353 e. The van der Waals surface area contributed by atoms with Crippen molar-refractivity contribution >= 4 is 15.9 Å². The molecule has 5 heteroatoms. The molecule has 0 spiro atoms. The number of hydrogen-bond acceptors (Lipinski definition) is 3. The molecule has 14 heavy (non-hydrogen) atoms. The summed E-state index contributed by atoms with van der Waals surface area (Å²) in [5.74, 6) is 0. The third kappa shape index (κ3) is 1.42. The highest BCUT2D eigenvalue weighted by atomic mass is 79.9. The standard InChI is InChI=1S/C9H8BrNO3/c1-9(11(12)13)8(14-9)6-2-4-7(10)5-3-6/h2-5,8H,1H3/t8-,9+/m0/s1. The van der Waals surface area contributed by atoms with Gasteiger partial charge in [-0.1, -0.05) is 28.1 Å². The van der Waals surface area contributed by atoms with Gasteiger partial charge in [-0.15, -0.1) is 0 Å². The third-order valence-corrected chi connectivity index (χ3v) is 2.85. The van der Waals surface area contributed by atoms with Gasteiger partial charge in [0.15, 0.2) is 6.10 Å². The second kappa shape index (κ2) is 3.03. The van der Waals surface area contributed by atoms with Crippen LogP contribution in [0, 0.1) is 10.1 Å². The van der Waals surface area contributed by atoms with Crippen LogP contribution in [0.5, 0.6) is 0 Å². The van der Waals surface area contributed by atoms with E-state index in [0.717, 1.165) is 10.0 Å². The topological polar surface area (TPSA) is 55.7 Å². The fraction of sp³-hybridized carbons (Fsp3) is 0.333. The van der Waals surface area contributed by atoms with E-state index in [1.54, 1.807) is 0 Å². The average Bonchev–Trinajstić information content (AvgIpc) is 2.81. The number of halogens is 1. The zero-order valence-corrected chi connectivity index (χ0v) is 9.02. The summed E-state index contributed by atoms with van der Waals surface area (Å²) in [6.07, 6.45) is -0.411. The Kier molecular flexibility index (Phi) is 2.08. The van der Waals surface area contributed by atoms with E-state index in [0.29, 0.717) is 0 Å². The number of ether oxygens (including phenoxy) is 1. The molecular formula is C9H8BrNO3. The summed E-state index contributed by atoms with van der Waals surface area (Å²) < 4.78 is 6.03. The molecule has 1 aliphatic rings. The number of hydrogen-bond donors (Lipinski definition) is 0. The van der Waals surface area contributed by atoms with Crippen molar-refractivity contribution in [3.8, 4) is 0 Å². The molecule has 0 amide bonds. The van der Waals surface area contributed by atoms with Crippen molar-refractivity contribution in [2.45, 2.75) is 18.8 Å². The van der Waals surface area contributed by atoms with Gasteiger partial charge in [0, 0.05) is 11.4 Å². The minimum Gasteiger partial charge on any atom is -0.294 e. The van der Waals surface area contributed by atoms with Crippen molar-refractivity contribution in [1.82, 2.24) is 0 Å². The predicted molar refractivity (Wildman–Crippen MR) is 53.4 cm³/mol. The Labute approximate surface area is 89.2 Å². The van der Waals surface area contributed by atoms with Crippen LogP contribution in [0.2, 0.25) is 0 Å². The van der Waals surface area contributed by atoms with E-state index in [4.69, 9.17) is 4.74 Å². The summed E-state index contributed by atoms with van der Waals surface area (Å²) in [4.78, 5) is 10.2. The fourth-order valence-corrected chi connectivity index (χ4v) is 1.62. The van der Waals surface area contributed by atoms with Crippen LogP contribution in [0.4, 0.5) is 0 Å². The second-order valence-corrected chi connectivity index (χ2v) is 4.28. The highest BCUT2D eigenvalue weighted by Gasteiger charge is 2.65. The monoisotopic (exact) mass is 257 g/mol. The van der Waals surface area contributed by atoms with E-state index < -0.39 is 11.8 Å². The summed E-state index contributed by atoms with van der Waals surface area (Å²) in [7, 11) is 0. The number of rotatable bonds is 2. The molecule has 1 aromatic carbocycles. The molecule has 74 valence electrons. The lowest BCUT2D eigenvalue weighted by atomic mass is 10.1. The number of nitrogens with zero attached hydrogens (tertiary/aromatic N) is 1. The predicted octanol–water partition coefficient (Wildman–Crippen LogP) is 2.51. The van der Waals surface area contributed by atoms with Crippen LogP contribution in [-0.4, -0.2) is 10.6 Å². The Hall–Kier alpha value is -0.940. The van der Waals surface area contributed by atoms with E-state index in [2.05, 4.69) is 15.9 Å². The first-order valence-electron chi connectivity index (χ1n) is 4.12. The van der Waals surface area contributed by atoms with E-state index >= 15 is 0 Å². The minimum absolute atomic E-state index is 0.389. The average molecular weight is 258 g/mol. The van der Waals surface area contributed by atoms with Gasteiger partial charge in [0.1, 0.15) is 0 Å². The van der Waals surface area contributed by atoms with Crippen LogP contribution >= 0.6 is 15.9 Å². The van der Waals surface area contributed by atoms with Crippen molar-refractivity contribution < 1.29 is 9.66 Å². The maximum absolute atomic E-state index is 10.6. The highest BCUT2D eigenvalue weighted by Crippen LogP contribution is 2.49. The van der Waals surface area contributed by atoms with Crippen LogP contribution < -0.4 is 0 Å². The smallest absolute Gasteiger partial charge is 0.294 e. The summed E-state index contributed by atoms with van der Waals surface area (Å²) in [5, 5.41) is 10.6. The molecule has 1 fully saturated rings. The van der Waals surface area contributed by atoms with Gasteiger partial charge in [0.05, 0.1) is 4.92 Å². The molecule has 2 atom stereocenters. The molecule has 0 N–H and O–H groups in total. The van der Waals surface area contributed by atoms with E-state index in [1.807, 2.05) is 24.3 Å². The molecule has 0 aromatic heterocycles. The van der Waals surface area contributed by atoms with Crippen molar-refractivity contribution in [3.63, 3.8) is 0 Å². The van der Waals surface area contributed by atoms with Gasteiger partial charge in [-0.3, -0.25) is 14.9 Å². The molecule has 1 aromatic rings. The molecule has 0 unspecified atom stereocenters. The lowest BCUT2D eigenvalue weighted by Crippen LogP contribution is -2.19. The molecular weight excluding hydrogens is 250 g/mol. The largest absolute Gasteiger partial charge is 0.353 e. The van der Waals surface area contributed by atoms with Gasteiger partial charge >= 0.3 is 5.72 Å². The molecule has 0 radical (unpaired) electrons. The molecule has 0 saturated carbocycles. The van der Waals surface area contributed by atoms with Gasteiger partial charge < -0.3 is 0 Å². The lowest BCUT2D eigenvalue weighted by molar-refractivity contribution is -0.558. The molecule has 2 rings (SSSR count). The molecule has 1 aliphatic heterocycles. The zero-order chi connectivity index (χ0) is 10.3. The second-order valence-electron chi connectivity index (χ2n) is 3.36. The van der Waals surface area contributed by atoms with Crippen molar-refractivity contribution in [2.24, 2.45) is 0 Å². The Morgan fingerprint density at radius 3 is 2.50 bits per heavy atom. The summed E-state index contributed by atoms with van der Waals surface area (Å²) in [6.45, 7) is 1.49. The fourth-order valence-electron chi connectivity index (χ4n) is 1.36. The first-order chi connectivity index (χ1) is 6.54. The number of benzene rings is 1. The summed E-state index contributed by atoms with van der Waals surface area (Å²) >= 11 is 3.30. The van der Waals surface area contributed by atoms with Gasteiger partial charge in [0.2, 0.25) is 0 Å². The normalized spacial score (nSPS) is 30.0. The molecule has 1 heterocycles. The minimum atomic E-state index is -1.23. The van der Waals surface area contributed by atoms with Crippen LogP contribution in [0.3, 0.4) is 0 Å². The van der Waals surface area contributed by atoms with Crippen LogP contribution in [0.15, 0.2) is 28.7 Å². The van der Waals surface area contributed by atoms with E-state index in [-0.39, 0.29) is 4.92 Å². The quantitative estimate of drug-likeness (QED) is 0.465. The van der Waals surface area contributed by atoms with Gasteiger partial charge in [0.25, 0.3) is 0 Å². The SMILES string of the molecule is C[C@@]1([N+](=O)[O-])O[C@H]1c1ccc(Br)cc1. The van der Waals surface area contributed by atoms with E-state index in [1.165, 1.54) is 6.92 Å². The van der Waals surface area contributed by atoms with Gasteiger partial charge in [-0.25, -0.2) is 0 Å². The van der Waals surface area contributed by atoms with Crippen molar-refractivity contribution in [3.05, 3.63) is 44.4 Å². The first kappa shape index (κ1) is 9.61. The van der Waals surface area contributed by atoms with E-state index in [9.17, 15) is 10.1 Å². The zero-order valence-electron chi connectivity index (χ0n) is 7.44. The highest BCUT2D eigenvalue weighted by molar-refractivity contribution is 9.10. The molecule has 0 bridgehead atoms. The van der Waals surface area contributed by atoms with Crippen molar-refractivity contribution in [2.75, 3.05) is 0 Å². The van der Waals surface area contributed by atoms with Gasteiger partial charge in [-0.05, 0) is 17.7 Å². The van der Waals surface area contributed by atoms with Crippen molar-refractivity contribution in [1.29, 1.82) is 0 Å². The van der Waals surface area contributed by atoms with Crippen LogP contribution in [0.1, 0.15) is 18.6 Å². The molecule has 0 aliphatic carbocycles. The Morgan fingerprint density at radius 1 is 1.50 bits per heavy atom. The maximum atomic E-state index is 10.6. The van der Waals surface area contributed by atoms with Crippen LogP contribution in [-0.2, 0) is 4.74 Å².